The Morgan fingerprint density at radius 3 is 3.06 bits per heavy atom. The number of rotatable bonds is 2. The lowest BCUT2D eigenvalue weighted by Gasteiger charge is -2.39. The number of carbonyl (C=O) groups excluding carboxylic acids is 1. The van der Waals surface area contributed by atoms with Crippen molar-refractivity contribution in [3.63, 3.8) is 0 Å². The summed E-state index contributed by atoms with van der Waals surface area (Å²) in [5.41, 5.74) is 5.81. The molecule has 94 valence electrons. The number of nitrogens with zero attached hydrogens (tertiary/aromatic N) is 1. The van der Waals surface area contributed by atoms with E-state index in [1.165, 1.54) is 17.8 Å². The summed E-state index contributed by atoms with van der Waals surface area (Å²) < 4.78 is 0.972. The standard InChI is InChI=1S/C12H17BrN2OS/c1-8-3-2-4-15(10(8)6-14)12(16)11-5-9(13)7-17-11/h5,7-8,10H,2-4,6,14H2,1H3/t8-,10+/m1/s1. The lowest BCUT2D eigenvalue weighted by Crippen LogP contribution is -2.51. The average Bonchev–Trinajstić information content (AvgIpc) is 2.74. The van der Waals surface area contributed by atoms with Gasteiger partial charge in [0.05, 0.1) is 4.88 Å². The zero-order chi connectivity index (χ0) is 12.4. The van der Waals surface area contributed by atoms with Gasteiger partial charge in [0, 0.05) is 29.0 Å². The summed E-state index contributed by atoms with van der Waals surface area (Å²) in [6.07, 6.45) is 2.25. The highest BCUT2D eigenvalue weighted by Gasteiger charge is 2.31. The number of hydrogen-bond donors (Lipinski definition) is 1. The molecule has 1 aliphatic heterocycles. The topological polar surface area (TPSA) is 46.3 Å². The molecule has 2 N–H and O–H groups in total. The molecule has 1 aromatic heterocycles. The van der Waals surface area contributed by atoms with Crippen molar-refractivity contribution >= 4 is 33.2 Å². The molecule has 1 aliphatic rings. The second kappa shape index (κ2) is 5.50. The molecule has 0 bridgehead atoms. The first kappa shape index (κ1) is 13.1. The Hall–Kier alpha value is -0.390. The fraction of sp³-hybridized carbons (Fsp3) is 0.583. The molecule has 1 amide bonds. The fourth-order valence-corrected chi connectivity index (χ4v) is 3.81. The molecule has 0 aromatic carbocycles. The van der Waals surface area contributed by atoms with E-state index in [9.17, 15) is 4.79 Å². The van der Waals surface area contributed by atoms with E-state index in [0.29, 0.717) is 12.5 Å². The van der Waals surface area contributed by atoms with Crippen molar-refractivity contribution in [3.8, 4) is 0 Å². The Morgan fingerprint density at radius 2 is 2.47 bits per heavy atom. The highest BCUT2D eigenvalue weighted by Crippen LogP contribution is 2.27. The zero-order valence-corrected chi connectivity index (χ0v) is 12.3. The van der Waals surface area contributed by atoms with E-state index in [4.69, 9.17) is 5.73 Å². The van der Waals surface area contributed by atoms with Crippen LogP contribution in [0, 0.1) is 5.92 Å². The van der Waals surface area contributed by atoms with Crippen LogP contribution in [0.3, 0.4) is 0 Å². The molecule has 2 rings (SSSR count). The third-order valence-electron chi connectivity index (χ3n) is 3.40. The summed E-state index contributed by atoms with van der Waals surface area (Å²) in [4.78, 5) is 15.1. The molecule has 1 aromatic rings. The largest absolute Gasteiger partial charge is 0.333 e. The molecule has 1 saturated heterocycles. The summed E-state index contributed by atoms with van der Waals surface area (Å²) in [6.45, 7) is 3.57. The van der Waals surface area contributed by atoms with Crippen molar-refractivity contribution < 1.29 is 4.79 Å². The van der Waals surface area contributed by atoms with E-state index in [2.05, 4.69) is 22.9 Å². The molecule has 0 spiro atoms. The average molecular weight is 317 g/mol. The number of likely N-dealkylation sites (tertiary alicyclic amines) is 1. The second-order valence-corrected chi connectivity index (χ2v) is 6.38. The number of halogens is 1. The van der Waals surface area contributed by atoms with Crippen LogP contribution in [0.2, 0.25) is 0 Å². The van der Waals surface area contributed by atoms with Crippen LogP contribution in [0.4, 0.5) is 0 Å². The molecular formula is C12H17BrN2OS. The van der Waals surface area contributed by atoms with Crippen LogP contribution in [0.1, 0.15) is 29.4 Å². The number of hydrogen-bond acceptors (Lipinski definition) is 3. The molecular weight excluding hydrogens is 300 g/mol. The highest BCUT2D eigenvalue weighted by atomic mass is 79.9. The molecule has 3 nitrogen and oxygen atoms in total. The molecule has 1 fully saturated rings. The van der Waals surface area contributed by atoms with Crippen molar-refractivity contribution in [1.29, 1.82) is 0 Å². The van der Waals surface area contributed by atoms with Crippen LogP contribution in [-0.2, 0) is 0 Å². The van der Waals surface area contributed by atoms with Crippen LogP contribution in [0.15, 0.2) is 15.9 Å². The molecule has 5 heteroatoms. The Morgan fingerprint density at radius 1 is 1.71 bits per heavy atom. The summed E-state index contributed by atoms with van der Waals surface area (Å²) in [6, 6.07) is 2.08. The third-order valence-corrected chi connectivity index (χ3v) is 5.08. The second-order valence-electron chi connectivity index (χ2n) is 4.55. The molecule has 17 heavy (non-hydrogen) atoms. The number of nitrogens with two attached hydrogens (primary N) is 1. The predicted octanol–water partition coefficient (Wildman–Crippen LogP) is 2.71. The SMILES string of the molecule is C[C@@H]1CCCN(C(=O)c2cc(Br)cs2)[C@H]1CN. The van der Waals surface area contributed by atoms with Gasteiger partial charge in [-0.1, -0.05) is 6.92 Å². The van der Waals surface area contributed by atoms with Gasteiger partial charge in [-0.3, -0.25) is 4.79 Å². The fourth-order valence-electron chi connectivity index (χ4n) is 2.43. The van der Waals surface area contributed by atoms with Gasteiger partial charge in [0.1, 0.15) is 0 Å². The van der Waals surface area contributed by atoms with Gasteiger partial charge >= 0.3 is 0 Å². The predicted molar refractivity (Wildman–Crippen MR) is 74.3 cm³/mol. The van der Waals surface area contributed by atoms with Gasteiger partial charge in [-0.15, -0.1) is 11.3 Å². The molecule has 0 radical (unpaired) electrons. The summed E-state index contributed by atoms with van der Waals surface area (Å²) in [5, 5.41) is 1.94. The van der Waals surface area contributed by atoms with E-state index < -0.39 is 0 Å². The minimum atomic E-state index is 0.128. The smallest absolute Gasteiger partial charge is 0.264 e. The normalized spacial score (nSPS) is 25.0. The van der Waals surface area contributed by atoms with E-state index in [0.717, 1.165) is 22.3 Å². The summed E-state index contributed by atoms with van der Waals surface area (Å²) in [5.74, 6) is 0.629. The van der Waals surface area contributed by atoms with Crippen molar-refractivity contribution in [2.45, 2.75) is 25.8 Å². The number of piperidine rings is 1. The lowest BCUT2D eigenvalue weighted by atomic mass is 9.90. The minimum Gasteiger partial charge on any atom is -0.333 e. The van der Waals surface area contributed by atoms with Crippen molar-refractivity contribution in [3.05, 3.63) is 20.8 Å². The van der Waals surface area contributed by atoms with Crippen LogP contribution in [0.25, 0.3) is 0 Å². The van der Waals surface area contributed by atoms with E-state index in [1.54, 1.807) is 0 Å². The monoisotopic (exact) mass is 316 g/mol. The van der Waals surface area contributed by atoms with Gasteiger partial charge in [-0.2, -0.15) is 0 Å². The van der Waals surface area contributed by atoms with Gasteiger partial charge < -0.3 is 10.6 Å². The molecule has 2 atom stereocenters. The lowest BCUT2D eigenvalue weighted by molar-refractivity contribution is 0.0537. The number of thiophene rings is 1. The van der Waals surface area contributed by atoms with Crippen LogP contribution in [-0.4, -0.2) is 29.9 Å². The third kappa shape index (κ3) is 2.72. The van der Waals surface area contributed by atoms with E-state index in [-0.39, 0.29) is 11.9 Å². The van der Waals surface area contributed by atoms with Crippen molar-refractivity contribution in [2.75, 3.05) is 13.1 Å². The first-order valence-corrected chi connectivity index (χ1v) is 7.56. The van der Waals surface area contributed by atoms with E-state index >= 15 is 0 Å². The van der Waals surface area contributed by atoms with Crippen LogP contribution in [0.5, 0.6) is 0 Å². The number of carbonyl (C=O) groups is 1. The zero-order valence-electron chi connectivity index (χ0n) is 9.86. The number of amides is 1. The summed E-state index contributed by atoms with van der Waals surface area (Å²) >= 11 is 4.87. The molecule has 2 heterocycles. The quantitative estimate of drug-likeness (QED) is 0.911. The maximum absolute atomic E-state index is 12.4. The van der Waals surface area contributed by atoms with Gasteiger partial charge in [-0.05, 0) is 40.8 Å². The minimum absolute atomic E-state index is 0.128. The Balaban J connectivity index is 2.17. The first-order chi connectivity index (χ1) is 8.13. The molecule has 0 unspecified atom stereocenters. The first-order valence-electron chi connectivity index (χ1n) is 5.88. The Labute approximate surface area is 114 Å². The molecule has 0 aliphatic carbocycles. The maximum Gasteiger partial charge on any atom is 0.264 e. The van der Waals surface area contributed by atoms with Gasteiger partial charge in [-0.25, -0.2) is 0 Å². The van der Waals surface area contributed by atoms with E-state index in [1.807, 2.05) is 16.3 Å². The van der Waals surface area contributed by atoms with Crippen molar-refractivity contribution in [2.24, 2.45) is 11.7 Å². The Bertz CT molecular complexity index is 407. The van der Waals surface area contributed by atoms with Gasteiger partial charge in [0.15, 0.2) is 0 Å². The van der Waals surface area contributed by atoms with Crippen LogP contribution < -0.4 is 5.73 Å². The van der Waals surface area contributed by atoms with Crippen molar-refractivity contribution in [1.82, 2.24) is 4.90 Å². The Kier molecular flexibility index (Phi) is 4.22. The molecule has 0 saturated carbocycles. The summed E-state index contributed by atoms with van der Waals surface area (Å²) in [7, 11) is 0. The van der Waals surface area contributed by atoms with Gasteiger partial charge in [0.25, 0.3) is 5.91 Å². The highest BCUT2D eigenvalue weighted by molar-refractivity contribution is 9.10. The van der Waals surface area contributed by atoms with Gasteiger partial charge in [0.2, 0.25) is 0 Å². The van der Waals surface area contributed by atoms with Crippen LogP contribution >= 0.6 is 27.3 Å². The maximum atomic E-state index is 12.4.